The topological polar surface area (TPSA) is 69.7 Å². The van der Waals surface area contributed by atoms with E-state index in [0.717, 1.165) is 22.4 Å². The summed E-state index contributed by atoms with van der Waals surface area (Å²) in [7, 11) is 0. The zero-order valence-electron chi connectivity index (χ0n) is 19.4. The van der Waals surface area contributed by atoms with Crippen molar-refractivity contribution < 1.29 is 14.4 Å². The number of hydrogen-bond acceptors (Lipinski definition) is 3. The van der Waals surface area contributed by atoms with Crippen molar-refractivity contribution in [1.29, 1.82) is 0 Å². The van der Waals surface area contributed by atoms with Crippen LogP contribution in [0, 0.1) is 0 Å². The van der Waals surface area contributed by atoms with Crippen LogP contribution in [-0.4, -0.2) is 46.7 Å². The van der Waals surface area contributed by atoms with Gasteiger partial charge in [-0.05, 0) is 41.7 Å². The van der Waals surface area contributed by atoms with Gasteiger partial charge in [0.05, 0.1) is 0 Å². The first-order valence-electron chi connectivity index (χ1n) is 11.9. The van der Waals surface area contributed by atoms with Crippen molar-refractivity contribution in [3.63, 3.8) is 0 Å². The number of urea groups is 1. The second-order valence-corrected chi connectivity index (χ2v) is 8.91. The number of carbonyl (C=O) groups is 3. The highest BCUT2D eigenvalue weighted by molar-refractivity contribution is 6.07. The Labute approximate surface area is 204 Å². The summed E-state index contributed by atoms with van der Waals surface area (Å²) in [5.41, 5.74) is 4.64. The van der Waals surface area contributed by atoms with Crippen molar-refractivity contribution in [2.45, 2.75) is 25.4 Å². The molecule has 176 valence electrons. The second-order valence-electron chi connectivity index (χ2n) is 8.91. The fourth-order valence-electron chi connectivity index (χ4n) is 4.72. The Morgan fingerprint density at radius 2 is 1.46 bits per heavy atom. The van der Waals surface area contributed by atoms with Crippen molar-refractivity contribution in [1.82, 2.24) is 9.80 Å². The molecule has 0 atom stereocenters. The number of nitrogens with one attached hydrogen (secondary N) is 1. The predicted molar refractivity (Wildman–Crippen MR) is 136 cm³/mol. The minimum absolute atomic E-state index is 0.0844. The molecule has 1 saturated heterocycles. The Morgan fingerprint density at radius 3 is 2.20 bits per heavy atom. The molecule has 5 rings (SSSR count). The molecule has 0 radical (unpaired) electrons. The van der Waals surface area contributed by atoms with Crippen LogP contribution >= 0.6 is 0 Å². The number of para-hydroxylation sites is 1. The van der Waals surface area contributed by atoms with E-state index in [1.807, 2.05) is 71.6 Å². The number of carbonyl (C=O) groups excluding carboxylic acids is 3. The Hall–Kier alpha value is -4.19. The lowest BCUT2D eigenvalue weighted by Crippen LogP contribution is -2.50. The SMILES string of the molecule is O=C(C=CC(=O)N1CCC(N2Cc3ccccc3NC2=O)CC1)c1ccc(-c2ccccc2)cc1. The zero-order chi connectivity index (χ0) is 24.2. The van der Waals surface area contributed by atoms with E-state index in [2.05, 4.69) is 5.32 Å². The molecule has 0 spiro atoms. The molecule has 3 amide bonds. The third kappa shape index (κ3) is 5.01. The number of ketones is 1. The summed E-state index contributed by atoms with van der Waals surface area (Å²) in [4.78, 5) is 41.4. The van der Waals surface area contributed by atoms with Crippen molar-refractivity contribution in [2.75, 3.05) is 18.4 Å². The highest BCUT2D eigenvalue weighted by Gasteiger charge is 2.32. The smallest absolute Gasteiger partial charge is 0.322 e. The first kappa shape index (κ1) is 22.6. The summed E-state index contributed by atoms with van der Waals surface area (Å²) in [5, 5.41) is 2.96. The number of likely N-dealkylation sites (tertiary alicyclic amines) is 1. The third-order valence-corrected chi connectivity index (χ3v) is 6.73. The summed E-state index contributed by atoms with van der Waals surface area (Å²) in [6.45, 7) is 1.69. The molecule has 2 heterocycles. The van der Waals surface area contributed by atoms with Gasteiger partial charge in [0.2, 0.25) is 5.91 Å². The maximum atomic E-state index is 12.7. The number of anilines is 1. The molecule has 3 aromatic carbocycles. The molecule has 1 fully saturated rings. The van der Waals surface area contributed by atoms with Gasteiger partial charge in [0.25, 0.3) is 0 Å². The molecule has 0 aliphatic carbocycles. The monoisotopic (exact) mass is 465 g/mol. The number of benzene rings is 3. The quantitative estimate of drug-likeness (QED) is 0.419. The van der Waals surface area contributed by atoms with Crippen molar-refractivity contribution in [3.8, 4) is 11.1 Å². The van der Waals surface area contributed by atoms with Crippen molar-refractivity contribution in [3.05, 3.63) is 102 Å². The summed E-state index contributed by atoms with van der Waals surface area (Å²) in [6.07, 6.45) is 4.13. The minimum Gasteiger partial charge on any atom is -0.339 e. The molecule has 6 nitrogen and oxygen atoms in total. The maximum absolute atomic E-state index is 12.7. The lowest BCUT2D eigenvalue weighted by atomic mass is 10.0. The fourth-order valence-corrected chi connectivity index (χ4v) is 4.72. The van der Waals surface area contributed by atoms with Crippen LogP contribution in [0.2, 0.25) is 0 Å². The molecular weight excluding hydrogens is 438 g/mol. The van der Waals surface area contributed by atoms with Crippen molar-refractivity contribution >= 4 is 23.4 Å². The standard InChI is InChI=1S/C29H27N3O3/c33-27(23-12-10-22(11-13-23)21-6-2-1-3-7-21)14-15-28(34)31-18-16-25(17-19-31)32-20-24-8-4-5-9-26(24)30-29(32)35/h1-15,25H,16-20H2,(H,30,35). The summed E-state index contributed by atoms with van der Waals surface area (Å²) in [6, 6.07) is 25.2. The highest BCUT2D eigenvalue weighted by Crippen LogP contribution is 2.27. The van der Waals surface area contributed by atoms with Gasteiger partial charge in [-0.15, -0.1) is 0 Å². The normalized spacial score (nSPS) is 16.2. The molecule has 1 N–H and O–H groups in total. The summed E-state index contributed by atoms with van der Waals surface area (Å²) < 4.78 is 0. The zero-order valence-corrected chi connectivity index (χ0v) is 19.4. The maximum Gasteiger partial charge on any atom is 0.322 e. The molecule has 0 unspecified atom stereocenters. The number of rotatable bonds is 5. The van der Waals surface area contributed by atoms with Crippen LogP contribution < -0.4 is 5.32 Å². The molecule has 3 aromatic rings. The van der Waals surface area contributed by atoms with E-state index >= 15 is 0 Å². The predicted octanol–water partition coefficient (Wildman–Crippen LogP) is 5.13. The van der Waals surface area contributed by atoms with E-state index in [4.69, 9.17) is 0 Å². The van der Waals surface area contributed by atoms with Gasteiger partial charge >= 0.3 is 6.03 Å². The third-order valence-electron chi connectivity index (χ3n) is 6.73. The Balaban J connectivity index is 1.15. The van der Waals surface area contributed by atoms with Gasteiger partial charge in [0, 0.05) is 43.0 Å². The number of amides is 3. The Kier molecular flexibility index (Phi) is 6.44. The van der Waals surface area contributed by atoms with Crippen molar-refractivity contribution in [2.24, 2.45) is 0 Å². The number of nitrogens with zero attached hydrogens (tertiary/aromatic N) is 2. The first-order chi connectivity index (χ1) is 17.1. The van der Waals surface area contributed by atoms with Crippen LogP contribution in [0.15, 0.2) is 91.0 Å². The van der Waals surface area contributed by atoms with Crippen LogP contribution in [0.1, 0.15) is 28.8 Å². The Bertz CT molecular complexity index is 1260. The molecule has 2 aliphatic rings. The number of piperidine rings is 1. The van der Waals surface area contributed by atoms with E-state index in [1.165, 1.54) is 12.2 Å². The molecule has 6 heteroatoms. The van der Waals surface area contributed by atoms with Crippen LogP contribution in [0.25, 0.3) is 11.1 Å². The van der Waals surface area contributed by atoms with Gasteiger partial charge in [-0.2, -0.15) is 0 Å². The van der Waals surface area contributed by atoms with Gasteiger partial charge < -0.3 is 15.1 Å². The van der Waals surface area contributed by atoms with Gasteiger partial charge in [-0.25, -0.2) is 4.79 Å². The first-order valence-corrected chi connectivity index (χ1v) is 11.9. The van der Waals surface area contributed by atoms with E-state index in [9.17, 15) is 14.4 Å². The van der Waals surface area contributed by atoms with E-state index in [0.29, 0.717) is 38.0 Å². The van der Waals surface area contributed by atoms with Crippen LogP contribution in [0.3, 0.4) is 0 Å². The lowest BCUT2D eigenvalue weighted by molar-refractivity contribution is -0.127. The van der Waals surface area contributed by atoms with Crippen LogP contribution in [0.4, 0.5) is 10.5 Å². The minimum atomic E-state index is -0.198. The van der Waals surface area contributed by atoms with E-state index < -0.39 is 0 Å². The molecule has 0 aromatic heterocycles. The molecule has 0 saturated carbocycles. The van der Waals surface area contributed by atoms with Crippen LogP contribution in [0.5, 0.6) is 0 Å². The van der Waals surface area contributed by atoms with E-state index in [1.54, 1.807) is 17.0 Å². The van der Waals surface area contributed by atoms with Gasteiger partial charge in [0.15, 0.2) is 5.78 Å². The second kappa shape index (κ2) is 9.97. The van der Waals surface area contributed by atoms with Gasteiger partial charge in [-0.3, -0.25) is 9.59 Å². The summed E-state index contributed by atoms with van der Waals surface area (Å²) in [5.74, 6) is -0.373. The highest BCUT2D eigenvalue weighted by atomic mass is 16.2. The summed E-state index contributed by atoms with van der Waals surface area (Å²) >= 11 is 0. The molecule has 35 heavy (non-hydrogen) atoms. The fraction of sp³-hybridized carbons (Fsp3) is 0.207. The number of fused-ring (bicyclic) bond motifs is 1. The molecular formula is C29H27N3O3. The van der Waals surface area contributed by atoms with E-state index in [-0.39, 0.29) is 23.8 Å². The van der Waals surface area contributed by atoms with Crippen LogP contribution in [-0.2, 0) is 11.3 Å². The van der Waals surface area contributed by atoms with Gasteiger partial charge in [-0.1, -0.05) is 72.8 Å². The molecule has 2 aliphatic heterocycles. The lowest BCUT2D eigenvalue weighted by Gasteiger charge is -2.40. The number of allylic oxidation sites excluding steroid dienone is 1. The van der Waals surface area contributed by atoms with Gasteiger partial charge in [0.1, 0.15) is 0 Å². The molecule has 0 bridgehead atoms. The largest absolute Gasteiger partial charge is 0.339 e. The number of hydrogen-bond donors (Lipinski definition) is 1. The average molecular weight is 466 g/mol. The average Bonchev–Trinajstić information content (AvgIpc) is 2.92. The Morgan fingerprint density at radius 1 is 0.800 bits per heavy atom.